The van der Waals surface area contributed by atoms with Gasteiger partial charge in [-0.05, 0) is 61.8 Å². The number of rotatable bonds is 15. The van der Waals surface area contributed by atoms with E-state index in [0.717, 1.165) is 51.2 Å². The van der Waals surface area contributed by atoms with Gasteiger partial charge in [-0.25, -0.2) is 4.98 Å². The van der Waals surface area contributed by atoms with E-state index in [1.165, 1.54) is 25.7 Å². The van der Waals surface area contributed by atoms with E-state index in [1.807, 2.05) is 61.5 Å². The van der Waals surface area contributed by atoms with Gasteiger partial charge >= 0.3 is 0 Å². The summed E-state index contributed by atoms with van der Waals surface area (Å²) in [5.74, 6) is 1.98. The van der Waals surface area contributed by atoms with Crippen LogP contribution in [0.3, 0.4) is 0 Å². The predicted molar refractivity (Wildman–Crippen MR) is 147 cm³/mol. The van der Waals surface area contributed by atoms with E-state index in [9.17, 15) is 4.79 Å². The number of nitrogens with one attached hydrogen (secondary N) is 1. The predicted octanol–water partition coefficient (Wildman–Crippen LogP) is 7.83. The molecule has 2 aromatic rings. The highest BCUT2D eigenvalue weighted by Crippen LogP contribution is 2.33. The summed E-state index contributed by atoms with van der Waals surface area (Å²) >= 11 is 5.09. The molecular formula is C26H38N2O2S3. The SMILES string of the molecule is CCCCCCSC(CCC)Oc1ccc(CC(=O)Nc2c(SC)cc(C)nc2SC)cc1. The summed E-state index contributed by atoms with van der Waals surface area (Å²) in [7, 11) is 0. The number of pyridine rings is 1. The number of ether oxygens (including phenoxy) is 1. The van der Waals surface area contributed by atoms with Gasteiger partial charge in [0.15, 0.2) is 0 Å². The highest BCUT2D eigenvalue weighted by Gasteiger charge is 2.15. The van der Waals surface area contributed by atoms with E-state index in [4.69, 9.17) is 4.74 Å². The molecule has 1 heterocycles. The number of anilines is 1. The summed E-state index contributed by atoms with van der Waals surface area (Å²) in [5.41, 5.74) is 2.92. The fraction of sp³-hybridized carbons (Fsp3) is 0.538. The lowest BCUT2D eigenvalue weighted by atomic mass is 10.1. The van der Waals surface area contributed by atoms with E-state index < -0.39 is 0 Å². The number of amides is 1. The van der Waals surface area contributed by atoms with Gasteiger partial charge in [-0.1, -0.05) is 51.7 Å². The number of thioether (sulfide) groups is 3. The van der Waals surface area contributed by atoms with Crippen molar-refractivity contribution in [3.8, 4) is 5.75 Å². The Labute approximate surface area is 212 Å². The maximum absolute atomic E-state index is 12.8. The Bertz CT molecular complexity index is 834. The molecule has 182 valence electrons. The topological polar surface area (TPSA) is 51.2 Å². The van der Waals surface area contributed by atoms with Crippen molar-refractivity contribution in [2.45, 2.75) is 81.1 Å². The van der Waals surface area contributed by atoms with E-state index in [1.54, 1.807) is 23.5 Å². The number of carbonyl (C=O) groups is 1. The van der Waals surface area contributed by atoms with Crippen molar-refractivity contribution in [2.75, 3.05) is 23.6 Å². The number of unbranched alkanes of at least 4 members (excludes halogenated alkanes) is 3. The minimum absolute atomic E-state index is 0.0357. The second-order valence-electron chi connectivity index (χ2n) is 7.99. The standard InChI is InChI=1S/C26H38N2O2S3/c1-6-8-9-10-16-33-24(11-7-2)30-21-14-12-20(13-15-21)18-23(29)28-25-22(31-4)17-19(3)27-26(25)32-5/h12-15,17,24H,6-11,16,18H2,1-5H3,(H,28,29). The molecule has 0 radical (unpaired) electrons. The van der Waals surface area contributed by atoms with Crippen LogP contribution < -0.4 is 10.1 Å². The molecule has 1 N–H and O–H groups in total. The first-order valence-electron chi connectivity index (χ1n) is 11.8. The summed E-state index contributed by atoms with van der Waals surface area (Å²) in [4.78, 5) is 18.4. The minimum Gasteiger partial charge on any atom is -0.480 e. The summed E-state index contributed by atoms with van der Waals surface area (Å²) in [5, 5.41) is 3.93. The van der Waals surface area contributed by atoms with Crippen LogP contribution in [0.2, 0.25) is 0 Å². The largest absolute Gasteiger partial charge is 0.480 e. The summed E-state index contributed by atoms with van der Waals surface area (Å²) < 4.78 is 6.24. The molecule has 0 aliphatic rings. The van der Waals surface area contributed by atoms with Crippen molar-refractivity contribution in [1.82, 2.24) is 4.98 Å². The fourth-order valence-electron chi connectivity index (χ4n) is 3.40. The van der Waals surface area contributed by atoms with Gasteiger partial charge in [0.1, 0.15) is 16.2 Å². The molecule has 7 heteroatoms. The summed E-state index contributed by atoms with van der Waals surface area (Å²) in [6.45, 7) is 6.42. The third kappa shape index (κ3) is 9.83. The van der Waals surface area contributed by atoms with Crippen LogP contribution in [0.15, 0.2) is 40.3 Å². The quantitative estimate of drug-likeness (QED) is 0.151. The Morgan fingerprint density at radius 2 is 1.82 bits per heavy atom. The number of aromatic nitrogens is 1. The van der Waals surface area contributed by atoms with Crippen LogP contribution >= 0.6 is 35.3 Å². The zero-order chi connectivity index (χ0) is 24.1. The molecule has 1 atom stereocenters. The fourth-order valence-corrected chi connectivity index (χ4v) is 5.92. The highest BCUT2D eigenvalue weighted by molar-refractivity contribution is 8.00. The van der Waals surface area contributed by atoms with E-state index in [0.29, 0.717) is 6.42 Å². The van der Waals surface area contributed by atoms with Crippen LogP contribution in [0.25, 0.3) is 0 Å². The number of carbonyl (C=O) groups excluding carboxylic acids is 1. The number of nitrogens with zero attached hydrogens (tertiary/aromatic N) is 1. The molecule has 2 rings (SSSR count). The molecule has 1 aromatic carbocycles. The maximum Gasteiger partial charge on any atom is 0.228 e. The lowest BCUT2D eigenvalue weighted by molar-refractivity contribution is -0.115. The summed E-state index contributed by atoms with van der Waals surface area (Å²) in [6.07, 6.45) is 11.6. The van der Waals surface area contributed by atoms with Gasteiger partial charge in [0, 0.05) is 10.6 Å². The average Bonchev–Trinajstić information content (AvgIpc) is 2.81. The maximum atomic E-state index is 12.8. The molecule has 0 aliphatic heterocycles. The van der Waals surface area contributed by atoms with Crippen molar-refractivity contribution >= 4 is 46.9 Å². The van der Waals surface area contributed by atoms with Crippen LogP contribution in [-0.4, -0.2) is 34.6 Å². The number of hydrogen-bond acceptors (Lipinski definition) is 6. The highest BCUT2D eigenvalue weighted by atomic mass is 32.2. The van der Waals surface area contributed by atoms with Gasteiger partial charge in [-0.2, -0.15) is 0 Å². The lowest BCUT2D eigenvalue weighted by Crippen LogP contribution is -2.16. The van der Waals surface area contributed by atoms with Gasteiger partial charge in [0.2, 0.25) is 5.91 Å². The van der Waals surface area contributed by atoms with Crippen LogP contribution in [0.5, 0.6) is 5.75 Å². The molecule has 33 heavy (non-hydrogen) atoms. The second-order valence-corrected chi connectivity index (χ2v) is 10.9. The van der Waals surface area contributed by atoms with E-state index in [-0.39, 0.29) is 11.3 Å². The first-order valence-corrected chi connectivity index (χ1v) is 15.3. The molecule has 0 bridgehead atoms. The van der Waals surface area contributed by atoms with E-state index >= 15 is 0 Å². The number of aryl methyl sites for hydroxylation is 1. The van der Waals surface area contributed by atoms with Crippen molar-refractivity contribution in [3.05, 3.63) is 41.6 Å². The lowest BCUT2D eigenvalue weighted by Gasteiger charge is -2.18. The molecule has 1 aromatic heterocycles. The molecule has 1 unspecified atom stereocenters. The van der Waals surface area contributed by atoms with Crippen LogP contribution in [-0.2, 0) is 11.2 Å². The average molecular weight is 507 g/mol. The summed E-state index contributed by atoms with van der Waals surface area (Å²) in [6, 6.07) is 9.96. The van der Waals surface area contributed by atoms with Gasteiger partial charge < -0.3 is 10.1 Å². The minimum atomic E-state index is -0.0357. The van der Waals surface area contributed by atoms with Crippen molar-refractivity contribution < 1.29 is 9.53 Å². The Balaban J connectivity index is 1.93. The Kier molecular flexibility index (Phi) is 13.2. The molecule has 4 nitrogen and oxygen atoms in total. The third-order valence-electron chi connectivity index (χ3n) is 5.14. The number of hydrogen-bond donors (Lipinski definition) is 1. The molecular weight excluding hydrogens is 468 g/mol. The van der Waals surface area contributed by atoms with Gasteiger partial charge in [-0.15, -0.1) is 35.3 Å². The van der Waals surface area contributed by atoms with Crippen molar-refractivity contribution in [1.29, 1.82) is 0 Å². The second kappa shape index (κ2) is 15.6. The van der Waals surface area contributed by atoms with Gasteiger partial charge in [-0.3, -0.25) is 4.79 Å². The van der Waals surface area contributed by atoms with E-state index in [2.05, 4.69) is 24.1 Å². The molecule has 0 saturated heterocycles. The molecule has 0 aliphatic carbocycles. The molecule has 0 saturated carbocycles. The Hall–Kier alpha value is -1.31. The zero-order valence-corrected chi connectivity index (χ0v) is 23.1. The monoisotopic (exact) mass is 506 g/mol. The smallest absolute Gasteiger partial charge is 0.228 e. The van der Waals surface area contributed by atoms with Gasteiger partial charge in [0.05, 0.1) is 12.1 Å². The van der Waals surface area contributed by atoms with Crippen LogP contribution in [0, 0.1) is 6.92 Å². The molecule has 1 amide bonds. The number of benzene rings is 1. The Morgan fingerprint density at radius 3 is 2.45 bits per heavy atom. The first-order chi connectivity index (χ1) is 16.0. The molecule has 0 spiro atoms. The van der Waals surface area contributed by atoms with Crippen LogP contribution in [0.4, 0.5) is 5.69 Å². The third-order valence-corrected chi connectivity index (χ3v) is 7.81. The van der Waals surface area contributed by atoms with Crippen molar-refractivity contribution in [2.24, 2.45) is 0 Å². The van der Waals surface area contributed by atoms with Gasteiger partial charge in [0.25, 0.3) is 0 Å². The first kappa shape index (κ1) is 27.9. The Morgan fingerprint density at radius 1 is 1.06 bits per heavy atom. The van der Waals surface area contributed by atoms with Crippen molar-refractivity contribution in [3.63, 3.8) is 0 Å². The zero-order valence-electron chi connectivity index (χ0n) is 20.6. The normalized spacial score (nSPS) is 11.9. The van der Waals surface area contributed by atoms with Crippen LogP contribution in [0.1, 0.15) is 63.6 Å². The molecule has 0 fully saturated rings.